The molecule has 0 aliphatic heterocycles. The summed E-state index contributed by atoms with van der Waals surface area (Å²) < 4.78 is 29.1. The first kappa shape index (κ1) is 25.4. The van der Waals surface area contributed by atoms with Gasteiger partial charge in [0.2, 0.25) is 5.91 Å². The second-order valence-electron chi connectivity index (χ2n) is 8.94. The van der Waals surface area contributed by atoms with Crippen LogP contribution in [0.3, 0.4) is 0 Å². The van der Waals surface area contributed by atoms with Crippen LogP contribution in [0.4, 0.5) is 10.5 Å². The molecule has 2 aromatic carbocycles. The molecule has 0 unspecified atom stereocenters. The van der Waals surface area contributed by atoms with Crippen LogP contribution in [0.25, 0.3) is 11.1 Å². The highest BCUT2D eigenvalue weighted by atomic mass is 32.2. The van der Waals surface area contributed by atoms with E-state index in [4.69, 9.17) is 10.5 Å². The number of carbonyl (C=O) groups excluding carboxylic acids is 2. The van der Waals surface area contributed by atoms with Crippen LogP contribution in [0, 0.1) is 11.8 Å². The summed E-state index contributed by atoms with van der Waals surface area (Å²) >= 11 is 0. The van der Waals surface area contributed by atoms with Gasteiger partial charge in [0.05, 0.1) is 22.9 Å². The number of ether oxygens (including phenoxy) is 1. The van der Waals surface area contributed by atoms with Crippen molar-refractivity contribution in [1.82, 2.24) is 0 Å². The van der Waals surface area contributed by atoms with Crippen LogP contribution in [-0.2, 0) is 19.4 Å². The van der Waals surface area contributed by atoms with E-state index in [-0.39, 0.29) is 29.2 Å². The van der Waals surface area contributed by atoms with Gasteiger partial charge in [-0.2, -0.15) is 4.99 Å². The fourth-order valence-corrected chi connectivity index (χ4v) is 5.38. The molecule has 3 N–H and O–H groups in total. The third-order valence-corrected chi connectivity index (χ3v) is 7.59. The minimum absolute atomic E-state index is 0.0635. The third kappa shape index (κ3) is 5.41. The number of nitrogens with zero attached hydrogens (tertiary/aromatic N) is 1. The number of benzene rings is 2. The Labute approximate surface area is 210 Å². The topological polar surface area (TPSA) is 128 Å². The Bertz CT molecular complexity index is 1410. The molecule has 2 atom stereocenters. The van der Waals surface area contributed by atoms with Crippen molar-refractivity contribution >= 4 is 33.2 Å². The minimum Gasteiger partial charge on any atom is -0.448 e. The normalized spacial score (nSPS) is 20.6. The number of rotatable bonds is 6. The molecule has 2 aliphatic rings. The van der Waals surface area contributed by atoms with E-state index < -0.39 is 15.9 Å². The number of allylic oxidation sites excluding steroid dienone is 4. The van der Waals surface area contributed by atoms with Gasteiger partial charge >= 0.3 is 6.09 Å². The number of nitrogens with two attached hydrogens (primary N) is 1. The van der Waals surface area contributed by atoms with Crippen molar-refractivity contribution in [3.8, 4) is 11.1 Å². The smallest absolute Gasteiger partial charge is 0.433 e. The van der Waals surface area contributed by atoms with Crippen LogP contribution >= 0.6 is 0 Å². The maximum atomic E-state index is 12.9. The highest BCUT2D eigenvalue weighted by molar-refractivity contribution is 7.90. The molecule has 0 spiro atoms. The lowest BCUT2D eigenvalue weighted by atomic mass is 9.91. The molecule has 1 saturated carbocycles. The lowest BCUT2D eigenvalue weighted by Gasteiger charge is -2.18. The number of hydrogen-bond donors (Lipinski definition) is 2. The van der Waals surface area contributed by atoms with Crippen molar-refractivity contribution < 1.29 is 22.7 Å². The predicted molar refractivity (Wildman–Crippen MR) is 139 cm³/mol. The van der Waals surface area contributed by atoms with Gasteiger partial charge in [0.1, 0.15) is 0 Å². The fraction of sp³-hybridized carbons (Fsp3) is 0.296. The van der Waals surface area contributed by atoms with Gasteiger partial charge in [-0.05, 0) is 61.1 Å². The quantitative estimate of drug-likeness (QED) is 0.593. The van der Waals surface area contributed by atoms with Crippen molar-refractivity contribution in [3.63, 3.8) is 0 Å². The molecule has 1 fully saturated rings. The summed E-state index contributed by atoms with van der Waals surface area (Å²) in [7, 11) is -3.37. The van der Waals surface area contributed by atoms with Crippen LogP contribution < -0.4 is 11.1 Å². The highest BCUT2D eigenvalue weighted by Crippen LogP contribution is 2.48. The first-order valence-corrected chi connectivity index (χ1v) is 13.6. The van der Waals surface area contributed by atoms with Crippen LogP contribution in [0.2, 0.25) is 0 Å². The summed E-state index contributed by atoms with van der Waals surface area (Å²) in [5.41, 5.74) is 11.0. The second-order valence-corrected chi connectivity index (χ2v) is 10.9. The first-order chi connectivity index (χ1) is 17.1. The summed E-state index contributed by atoms with van der Waals surface area (Å²) in [4.78, 5) is 28.8. The molecule has 2 amide bonds. The van der Waals surface area contributed by atoms with E-state index in [0.717, 1.165) is 16.7 Å². The van der Waals surface area contributed by atoms with Gasteiger partial charge in [-0.15, -0.1) is 0 Å². The Hall–Kier alpha value is -3.72. The lowest BCUT2D eigenvalue weighted by Crippen LogP contribution is -2.21. The van der Waals surface area contributed by atoms with Crippen molar-refractivity contribution in [1.29, 1.82) is 0 Å². The Balaban J connectivity index is 1.42. The van der Waals surface area contributed by atoms with E-state index in [0.29, 0.717) is 35.5 Å². The molecular weight excluding hydrogens is 478 g/mol. The number of nitrogens with one attached hydrogen (secondary N) is 1. The SMILES string of the molecule is CCOC(=O)N=C1CC=C([C@H]2C[C@H]2C(=O)Nc2ccc(-c3ccccc3S(C)(=O)=O)cc2)C(C)=C1N. The zero-order valence-corrected chi connectivity index (χ0v) is 21.3. The average Bonchev–Trinajstić information content (AvgIpc) is 3.63. The molecule has 2 aliphatic carbocycles. The predicted octanol–water partition coefficient (Wildman–Crippen LogP) is 4.49. The summed E-state index contributed by atoms with van der Waals surface area (Å²) in [5, 5.41) is 2.95. The van der Waals surface area contributed by atoms with Gasteiger partial charge in [0, 0.05) is 29.8 Å². The monoisotopic (exact) mass is 507 g/mol. The van der Waals surface area contributed by atoms with Crippen molar-refractivity contribution in [2.75, 3.05) is 18.2 Å². The van der Waals surface area contributed by atoms with E-state index >= 15 is 0 Å². The van der Waals surface area contributed by atoms with Gasteiger partial charge in [0.25, 0.3) is 0 Å². The fourth-order valence-electron chi connectivity index (χ4n) is 4.47. The third-order valence-electron chi connectivity index (χ3n) is 6.43. The van der Waals surface area contributed by atoms with E-state index in [1.165, 1.54) is 6.26 Å². The van der Waals surface area contributed by atoms with E-state index in [1.807, 2.05) is 13.0 Å². The molecule has 0 aromatic heterocycles. The Morgan fingerprint density at radius 1 is 1.14 bits per heavy atom. The molecule has 0 bridgehead atoms. The molecular formula is C27H29N3O5S. The largest absolute Gasteiger partial charge is 0.448 e. The molecule has 0 saturated heterocycles. The van der Waals surface area contributed by atoms with E-state index in [1.54, 1.807) is 55.5 Å². The van der Waals surface area contributed by atoms with Crippen LogP contribution in [0.1, 0.15) is 26.7 Å². The van der Waals surface area contributed by atoms with Crippen LogP contribution in [0.5, 0.6) is 0 Å². The standard InChI is InChI=1S/C27H29N3O5S/c1-4-35-27(32)30-23-14-13-19(16(2)25(23)28)21-15-22(21)26(31)29-18-11-9-17(10-12-18)20-7-5-6-8-24(20)36(3,33)34/h5-13,21-22H,4,14-15,28H2,1-3H3,(H,29,31)/t21-,22-/m1/s1. The molecule has 188 valence electrons. The van der Waals surface area contributed by atoms with Gasteiger partial charge < -0.3 is 15.8 Å². The van der Waals surface area contributed by atoms with Crippen LogP contribution in [-0.4, -0.2) is 39.0 Å². The lowest BCUT2D eigenvalue weighted by molar-refractivity contribution is -0.117. The number of amides is 2. The average molecular weight is 508 g/mol. The van der Waals surface area contributed by atoms with E-state index in [2.05, 4.69) is 10.3 Å². The summed E-state index contributed by atoms with van der Waals surface area (Å²) in [6.45, 7) is 3.84. The number of aliphatic imine (C=N–C) groups is 1. The molecule has 9 heteroatoms. The number of sulfone groups is 1. The van der Waals surface area contributed by atoms with Crippen molar-refractivity contribution in [3.05, 3.63) is 71.5 Å². The first-order valence-electron chi connectivity index (χ1n) is 11.7. The minimum atomic E-state index is -3.37. The Morgan fingerprint density at radius 2 is 1.83 bits per heavy atom. The van der Waals surface area contributed by atoms with Crippen molar-refractivity contribution in [2.24, 2.45) is 22.6 Å². The Kier molecular flexibility index (Phi) is 7.12. The number of anilines is 1. The van der Waals surface area contributed by atoms with E-state index in [9.17, 15) is 18.0 Å². The van der Waals surface area contributed by atoms with Gasteiger partial charge in [-0.25, -0.2) is 13.2 Å². The van der Waals surface area contributed by atoms with Crippen molar-refractivity contribution in [2.45, 2.75) is 31.6 Å². The summed E-state index contributed by atoms with van der Waals surface area (Å²) in [6.07, 6.45) is 3.64. The zero-order chi connectivity index (χ0) is 26.0. The molecule has 0 radical (unpaired) electrons. The number of hydrogen-bond acceptors (Lipinski definition) is 6. The number of carbonyl (C=O) groups is 2. The summed E-state index contributed by atoms with van der Waals surface area (Å²) in [5.74, 6) is -0.190. The molecule has 4 rings (SSSR count). The Morgan fingerprint density at radius 3 is 2.50 bits per heavy atom. The maximum absolute atomic E-state index is 12.9. The van der Waals surface area contributed by atoms with Gasteiger partial charge in [0.15, 0.2) is 9.84 Å². The zero-order valence-electron chi connectivity index (χ0n) is 20.4. The van der Waals surface area contributed by atoms with Gasteiger partial charge in [-0.3, -0.25) is 4.79 Å². The second kappa shape index (κ2) is 10.1. The highest BCUT2D eigenvalue weighted by Gasteiger charge is 2.46. The molecule has 0 heterocycles. The molecule has 36 heavy (non-hydrogen) atoms. The van der Waals surface area contributed by atoms with Gasteiger partial charge in [-0.1, -0.05) is 36.4 Å². The molecule has 8 nitrogen and oxygen atoms in total. The maximum Gasteiger partial charge on any atom is 0.433 e. The molecule has 2 aromatic rings. The van der Waals surface area contributed by atoms with Crippen LogP contribution in [0.15, 0.2) is 81.3 Å². The summed E-state index contributed by atoms with van der Waals surface area (Å²) in [6, 6.07) is 14.0.